The van der Waals surface area contributed by atoms with Crippen LogP contribution in [0.1, 0.15) is 188 Å². The van der Waals surface area contributed by atoms with Crippen LogP contribution in [0.4, 0.5) is 0 Å². The molecule has 6 heteroatoms. The van der Waals surface area contributed by atoms with E-state index in [2.05, 4.69) is 154 Å². The molecule has 1 unspecified atom stereocenters. The first-order valence-corrected chi connectivity index (χ1v) is 24.7. The predicted octanol–water partition coefficient (Wildman–Crippen LogP) is 16.3. The van der Waals surface area contributed by atoms with E-state index >= 15 is 0 Å². The first kappa shape index (κ1) is 58.6. The van der Waals surface area contributed by atoms with Gasteiger partial charge in [-0.25, -0.2) is 0 Å². The van der Waals surface area contributed by atoms with Crippen LogP contribution in [-0.4, -0.2) is 37.2 Å². The van der Waals surface area contributed by atoms with Gasteiger partial charge in [-0.1, -0.05) is 174 Å². The summed E-state index contributed by atoms with van der Waals surface area (Å²) in [5, 5.41) is 0. The molecule has 0 spiro atoms. The lowest BCUT2D eigenvalue weighted by atomic mass is 10.1. The first-order chi connectivity index (χ1) is 31.0. The Labute approximate surface area is 385 Å². The third kappa shape index (κ3) is 48.4. The van der Waals surface area contributed by atoms with Crippen molar-refractivity contribution in [3.63, 3.8) is 0 Å². The lowest BCUT2D eigenvalue weighted by molar-refractivity contribution is -0.167. The average molecular weight is 869 g/mol. The number of ether oxygens (including phenoxy) is 3. The van der Waals surface area contributed by atoms with Crippen molar-refractivity contribution in [1.82, 2.24) is 0 Å². The van der Waals surface area contributed by atoms with Crippen LogP contribution >= 0.6 is 0 Å². The number of carbonyl (C=O) groups is 3. The summed E-state index contributed by atoms with van der Waals surface area (Å²) in [5.74, 6) is -1.03. The van der Waals surface area contributed by atoms with Gasteiger partial charge in [0.25, 0.3) is 0 Å². The van der Waals surface area contributed by atoms with Crippen LogP contribution in [0, 0.1) is 0 Å². The maximum Gasteiger partial charge on any atom is 0.306 e. The van der Waals surface area contributed by atoms with Crippen molar-refractivity contribution in [2.24, 2.45) is 0 Å². The number of hydrogen-bond donors (Lipinski definition) is 0. The Morgan fingerprint density at radius 3 is 0.921 bits per heavy atom. The van der Waals surface area contributed by atoms with E-state index in [4.69, 9.17) is 14.2 Å². The van der Waals surface area contributed by atoms with Gasteiger partial charge >= 0.3 is 17.9 Å². The van der Waals surface area contributed by atoms with E-state index < -0.39 is 6.10 Å². The van der Waals surface area contributed by atoms with Crippen molar-refractivity contribution in [1.29, 1.82) is 0 Å². The number of esters is 3. The Balaban J connectivity index is 4.54. The van der Waals surface area contributed by atoms with Crippen LogP contribution in [-0.2, 0) is 28.6 Å². The second-order valence-corrected chi connectivity index (χ2v) is 15.6. The van der Waals surface area contributed by atoms with Crippen LogP contribution in [0.5, 0.6) is 0 Å². The summed E-state index contributed by atoms with van der Waals surface area (Å²) in [6, 6.07) is 0. The van der Waals surface area contributed by atoms with Gasteiger partial charge in [0.05, 0.1) is 0 Å². The SMILES string of the molecule is CC/C=C\C/C=C\C/C=C\C/C=C\C/C=C\CCCCCC(=O)OCC(COC(=O)CCCC/C=C\C/C=C\C/C=C\CC)OC(=O)CCCCCC/C=C\C/C=C\C/C=C\CC. The minimum absolute atomic E-state index is 0.122. The van der Waals surface area contributed by atoms with Crippen LogP contribution in [0.2, 0.25) is 0 Å². The highest BCUT2D eigenvalue weighted by molar-refractivity contribution is 5.71. The molecule has 0 saturated heterocycles. The molecule has 0 N–H and O–H groups in total. The van der Waals surface area contributed by atoms with E-state index in [1.54, 1.807) is 0 Å². The van der Waals surface area contributed by atoms with Crippen LogP contribution in [0.25, 0.3) is 0 Å². The molecule has 0 aliphatic heterocycles. The summed E-state index contributed by atoms with van der Waals surface area (Å²) in [7, 11) is 0. The summed E-state index contributed by atoms with van der Waals surface area (Å²) in [5.41, 5.74) is 0. The highest BCUT2D eigenvalue weighted by atomic mass is 16.6. The number of allylic oxidation sites excluding steroid dienone is 22. The van der Waals surface area contributed by atoms with E-state index in [1.807, 2.05) is 0 Å². The zero-order valence-corrected chi connectivity index (χ0v) is 40.0. The second kappa shape index (κ2) is 50.2. The molecule has 0 aromatic heterocycles. The van der Waals surface area contributed by atoms with E-state index in [9.17, 15) is 14.4 Å². The monoisotopic (exact) mass is 869 g/mol. The van der Waals surface area contributed by atoms with Crippen molar-refractivity contribution in [2.45, 2.75) is 194 Å². The molecule has 0 aromatic carbocycles. The third-order valence-corrected chi connectivity index (χ3v) is 9.63. The number of carbonyl (C=O) groups excluding carboxylic acids is 3. The number of hydrogen-bond acceptors (Lipinski definition) is 6. The Kier molecular flexibility index (Phi) is 46.7. The van der Waals surface area contributed by atoms with Gasteiger partial charge in [0.1, 0.15) is 13.2 Å². The zero-order chi connectivity index (χ0) is 45.8. The molecule has 0 aromatic rings. The molecule has 0 radical (unpaired) electrons. The molecule has 1 atom stereocenters. The topological polar surface area (TPSA) is 78.9 Å². The molecule has 63 heavy (non-hydrogen) atoms. The smallest absolute Gasteiger partial charge is 0.306 e. The lowest BCUT2D eigenvalue weighted by Gasteiger charge is -2.18. The maximum atomic E-state index is 12.8. The fourth-order valence-electron chi connectivity index (χ4n) is 6.02. The molecule has 0 bridgehead atoms. The lowest BCUT2D eigenvalue weighted by Crippen LogP contribution is -2.30. The standard InChI is InChI=1S/C57H88O6/c1-4-7-10-13-16-19-22-25-27-28-29-30-31-33-35-38-41-44-47-50-56(59)62-53-54(52-61-55(58)49-46-43-40-37-34-24-21-18-15-12-9-6-3)63-57(60)51-48-45-42-39-36-32-26-23-20-17-14-11-8-5-2/h7-12,16-21,25-27,29-30,32-35,37,54H,4-6,13-15,22-24,28,31,36,38-53H2,1-3H3/b10-7-,11-8-,12-9-,19-16-,20-17-,21-18-,27-25-,30-29-,32-26-,35-33-,37-34-. The fraction of sp³-hybridized carbons (Fsp3) is 0.561. The molecule has 0 aliphatic rings. The first-order valence-electron chi connectivity index (χ1n) is 24.7. The van der Waals surface area contributed by atoms with Crippen molar-refractivity contribution in [2.75, 3.05) is 13.2 Å². The van der Waals surface area contributed by atoms with Crippen LogP contribution in [0.3, 0.4) is 0 Å². The van der Waals surface area contributed by atoms with Crippen molar-refractivity contribution in [3.05, 3.63) is 134 Å². The molecule has 0 aliphatic carbocycles. The van der Waals surface area contributed by atoms with E-state index in [-0.39, 0.29) is 37.5 Å². The number of unbranched alkanes of at least 4 members (excludes halogenated alkanes) is 9. The average Bonchev–Trinajstić information content (AvgIpc) is 3.28. The third-order valence-electron chi connectivity index (χ3n) is 9.63. The highest BCUT2D eigenvalue weighted by Gasteiger charge is 2.19. The summed E-state index contributed by atoms with van der Waals surface area (Å²) in [4.78, 5) is 37.9. The van der Waals surface area contributed by atoms with Gasteiger partial charge in [0.15, 0.2) is 6.10 Å². The Morgan fingerprint density at radius 2 is 0.571 bits per heavy atom. The van der Waals surface area contributed by atoms with Gasteiger partial charge in [-0.3, -0.25) is 14.4 Å². The number of rotatable bonds is 42. The molecular formula is C57H88O6. The largest absolute Gasteiger partial charge is 0.462 e. The van der Waals surface area contributed by atoms with Crippen molar-refractivity contribution in [3.8, 4) is 0 Å². The molecule has 0 saturated carbocycles. The molecule has 0 heterocycles. The highest BCUT2D eigenvalue weighted by Crippen LogP contribution is 2.11. The summed E-state index contributed by atoms with van der Waals surface area (Å²) in [6.45, 7) is 6.18. The van der Waals surface area contributed by atoms with E-state index in [0.29, 0.717) is 19.3 Å². The van der Waals surface area contributed by atoms with Crippen LogP contribution < -0.4 is 0 Å². The van der Waals surface area contributed by atoms with Gasteiger partial charge in [-0.2, -0.15) is 0 Å². The van der Waals surface area contributed by atoms with E-state index in [0.717, 1.165) is 141 Å². The fourth-order valence-corrected chi connectivity index (χ4v) is 6.02. The Bertz CT molecular complexity index is 1420. The minimum atomic E-state index is -0.823. The minimum Gasteiger partial charge on any atom is -0.462 e. The van der Waals surface area contributed by atoms with E-state index in [1.165, 1.54) is 0 Å². The summed E-state index contributed by atoms with van der Waals surface area (Å²) >= 11 is 0. The van der Waals surface area contributed by atoms with Gasteiger partial charge in [0, 0.05) is 19.3 Å². The van der Waals surface area contributed by atoms with Gasteiger partial charge < -0.3 is 14.2 Å². The van der Waals surface area contributed by atoms with Crippen LogP contribution in [0.15, 0.2) is 134 Å². The summed E-state index contributed by atoms with van der Waals surface area (Å²) < 4.78 is 16.7. The molecule has 6 nitrogen and oxygen atoms in total. The zero-order valence-electron chi connectivity index (χ0n) is 40.0. The molecule has 0 amide bonds. The van der Waals surface area contributed by atoms with Gasteiger partial charge in [0.2, 0.25) is 0 Å². The Hall–Kier alpha value is -4.45. The normalized spacial score (nSPS) is 13.3. The maximum absolute atomic E-state index is 12.8. The second-order valence-electron chi connectivity index (χ2n) is 15.6. The van der Waals surface area contributed by atoms with Gasteiger partial charge in [-0.05, 0) is 128 Å². The quantitative estimate of drug-likeness (QED) is 0.0263. The molecule has 0 fully saturated rings. The molecule has 0 rings (SSSR count). The molecule has 352 valence electrons. The predicted molar refractivity (Wildman–Crippen MR) is 269 cm³/mol. The van der Waals surface area contributed by atoms with Crippen molar-refractivity contribution < 1.29 is 28.6 Å². The van der Waals surface area contributed by atoms with Gasteiger partial charge in [-0.15, -0.1) is 0 Å². The Morgan fingerprint density at radius 1 is 0.317 bits per heavy atom. The summed E-state index contributed by atoms with van der Waals surface area (Å²) in [6.07, 6.45) is 70.1. The molecular weight excluding hydrogens is 781 g/mol. The van der Waals surface area contributed by atoms with Crippen molar-refractivity contribution >= 4 is 17.9 Å².